The first-order valence-corrected chi connectivity index (χ1v) is 8.07. The molecule has 1 aliphatic rings. The molecule has 1 saturated heterocycles. The van der Waals surface area contributed by atoms with Gasteiger partial charge in [-0.3, -0.25) is 9.80 Å². The monoisotopic (exact) mass is 328 g/mol. The summed E-state index contributed by atoms with van der Waals surface area (Å²) in [6, 6.07) is 16.1. The van der Waals surface area contributed by atoms with Crippen LogP contribution in [0.5, 0.6) is 0 Å². The van der Waals surface area contributed by atoms with Crippen molar-refractivity contribution < 1.29 is 14.3 Å². The topological polar surface area (TPSA) is 43.8 Å². The maximum Gasteiger partial charge on any atom is 0.407 e. The number of hydrogen-bond donors (Lipinski definition) is 1. The molecule has 2 aromatic rings. The highest BCUT2D eigenvalue weighted by molar-refractivity contribution is 5.66. The minimum atomic E-state index is -0.935. The first kappa shape index (κ1) is 16.5. The quantitative estimate of drug-likeness (QED) is 0.933. The van der Waals surface area contributed by atoms with E-state index in [1.54, 1.807) is 12.1 Å². The van der Waals surface area contributed by atoms with E-state index in [4.69, 9.17) is 0 Å². The first-order chi connectivity index (χ1) is 11.5. The molecule has 1 aliphatic heterocycles. The van der Waals surface area contributed by atoms with E-state index < -0.39 is 6.09 Å². The molecule has 1 amide bonds. The summed E-state index contributed by atoms with van der Waals surface area (Å²) in [6.07, 6.45) is -0.935. The van der Waals surface area contributed by atoms with Crippen LogP contribution in [0.2, 0.25) is 0 Å². The van der Waals surface area contributed by atoms with Crippen molar-refractivity contribution in [3.63, 3.8) is 0 Å². The van der Waals surface area contributed by atoms with Gasteiger partial charge in [-0.1, -0.05) is 42.5 Å². The molecule has 1 N–H and O–H groups in total. The normalized spacial score (nSPS) is 21.7. The molecule has 0 bridgehead atoms. The summed E-state index contributed by atoms with van der Waals surface area (Å²) in [5, 5.41) is 9.55. The molecule has 4 nitrogen and oxygen atoms in total. The second-order valence-electron chi connectivity index (χ2n) is 6.27. The molecule has 0 spiro atoms. The van der Waals surface area contributed by atoms with E-state index in [0.29, 0.717) is 13.1 Å². The Morgan fingerprint density at radius 3 is 2.42 bits per heavy atom. The van der Waals surface area contributed by atoms with Gasteiger partial charge >= 0.3 is 6.09 Å². The second-order valence-corrected chi connectivity index (χ2v) is 6.27. The Morgan fingerprint density at radius 2 is 1.79 bits per heavy atom. The predicted molar refractivity (Wildman–Crippen MR) is 90.2 cm³/mol. The zero-order valence-electron chi connectivity index (χ0n) is 13.6. The fraction of sp³-hybridized carbons (Fsp3) is 0.316. The van der Waals surface area contributed by atoms with E-state index in [-0.39, 0.29) is 17.9 Å². The van der Waals surface area contributed by atoms with Crippen LogP contribution in [-0.2, 0) is 6.54 Å². The van der Waals surface area contributed by atoms with E-state index >= 15 is 0 Å². The zero-order valence-corrected chi connectivity index (χ0v) is 13.6. The Morgan fingerprint density at radius 1 is 1.12 bits per heavy atom. The van der Waals surface area contributed by atoms with Crippen molar-refractivity contribution in [1.82, 2.24) is 9.80 Å². The van der Waals surface area contributed by atoms with Crippen LogP contribution in [0.25, 0.3) is 0 Å². The number of nitrogens with zero attached hydrogens (tertiary/aromatic N) is 2. The van der Waals surface area contributed by atoms with E-state index in [2.05, 4.69) is 17.0 Å². The first-order valence-electron chi connectivity index (χ1n) is 8.07. The van der Waals surface area contributed by atoms with Gasteiger partial charge in [0.2, 0.25) is 0 Å². The summed E-state index contributed by atoms with van der Waals surface area (Å²) in [7, 11) is 0. The highest BCUT2D eigenvalue weighted by atomic mass is 19.1. The number of carbonyl (C=O) groups is 1. The molecule has 5 heteroatoms. The number of rotatable bonds is 3. The average Bonchev–Trinajstić information content (AvgIpc) is 2.58. The van der Waals surface area contributed by atoms with Gasteiger partial charge in [0.15, 0.2) is 0 Å². The summed E-state index contributed by atoms with van der Waals surface area (Å²) < 4.78 is 13.2. The highest BCUT2D eigenvalue weighted by Crippen LogP contribution is 2.29. The lowest BCUT2D eigenvalue weighted by Gasteiger charge is -2.44. The summed E-state index contributed by atoms with van der Waals surface area (Å²) in [5.74, 6) is -0.314. The molecule has 0 aromatic heterocycles. The Labute approximate surface area is 141 Å². The van der Waals surface area contributed by atoms with Gasteiger partial charge in [0, 0.05) is 25.7 Å². The number of amides is 1. The molecular formula is C19H21FN2O2. The third-order valence-electron chi connectivity index (χ3n) is 4.60. The van der Waals surface area contributed by atoms with Gasteiger partial charge in [-0.25, -0.2) is 9.18 Å². The molecule has 0 saturated carbocycles. The summed E-state index contributed by atoms with van der Waals surface area (Å²) >= 11 is 0. The molecule has 1 heterocycles. The number of carboxylic acid groups (broad SMARTS) is 1. The van der Waals surface area contributed by atoms with Crippen LogP contribution in [0.4, 0.5) is 9.18 Å². The van der Waals surface area contributed by atoms with Crippen LogP contribution >= 0.6 is 0 Å². The van der Waals surface area contributed by atoms with Crippen molar-refractivity contribution in [2.45, 2.75) is 25.6 Å². The standard InChI is InChI=1S/C19H21FN2O2/c1-14-11-22(19(23)24)18(16-7-9-17(20)10-8-16)13-21(14)12-15-5-3-2-4-6-15/h2-10,14,18H,11-13H2,1H3,(H,23,24)/t14-,18-/m1/s1. The summed E-state index contributed by atoms with van der Waals surface area (Å²) in [6.45, 7) is 3.84. The molecular weight excluding hydrogens is 307 g/mol. The van der Waals surface area contributed by atoms with Crippen LogP contribution < -0.4 is 0 Å². The molecule has 0 aliphatic carbocycles. The lowest BCUT2D eigenvalue weighted by atomic mass is 9.99. The van der Waals surface area contributed by atoms with Crippen LogP contribution in [0, 0.1) is 5.82 Å². The molecule has 3 rings (SSSR count). The number of hydrogen-bond acceptors (Lipinski definition) is 2. The minimum Gasteiger partial charge on any atom is -0.465 e. The molecule has 126 valence electrons. The van der Waals surface area contributed by atoms with Gasteiger partial charge in [0.1, 0.15) is 5.82 Å². The van der Waals surface area contributed by atoms with Crippen molar-refractivity contribution in [1.29, 1.82) is 0 Å². The van der Waals surface area contributed by atoms with Gasteiger partial charge in [-0.15, -0.1) is 0 Å². The van der Waals surface area contributed by atoms with Crippen LogP contribution in [0.3, 0.4) is 0 Å². The van der Waals surface area contributed by atoms with Crippen molar-refractivity contribution in [3.05, 3.63) is 71.5 Å². The maximum absolute atomic E-state index is 13.2. The average molecular weight is 328 g/mol. The SMILES string of the molecule is C[C@@H]1CN(C(=O)O)[C@@H](c2ccc(F)cc2)CN1Cc1ccccc1. The molecule has 2 atom stereocenters. The van der Waals surface area contributed by atoms with Gasteiger partial charge in [0.25, 0.3) is 0 Å². The summed E-state index contributed by atoms with van der Waals surface area (Å²) in [5.41, 5.74) is 2.02. The number of benzene rings is 2. The summed E-state index contributed by atoms with van der Waals surface area (Å²) in [4.78, 5) is 15.4. The van der Waals surface area contributed by atoms with Crippen molar-refractivity contribution >= 4 is 6.09 Å². The fourth-order valence-electron chi connectivity index (χ4n) is 3.25. The Balaban J connectivity index is 1.83. The lowest BCUT2D eigenvalue weighted by molar-refractivity contribution is 0.0327. The van der Waals surface area contributed by atoms with Crippen molar-refractivity contribution in [2.24, 2.45) is 0 Å². The van der Waals surface area contributed by atoms with E-state index in [9.17, 15) is 14.3 Å². The number of halogens is 1. The molecule has 0 radical (unpaired) electrons. The Bertz CT molecular complexity index is 690. The van der Waals surface area contributed by atoms with Crippen LogP contribution in [0.1, 0.15) is 24.1 Å². The van der Waals surface area contributed by atoms with Gasteiger partial charge < -0.3 is 5.11 Å². The van der Waals surface area contributed by atoms with Gasteiger partial charge in [-0.2, -0.15) is 0 Å². The second kappa shape index (κ2) is 7.01. The van der Waals surface area contributed by atoms with Gasteiger partial charge in [0.05, 0.1) is 6.04 Å². The third kappa shape index (κ3) is 3.57. The smallest absolute Gasteiger partial charge is 0.407 e. The molecule has 24 heavy (non-hydrogen) atoms. The lowest BCUT2D eigenvalue weighted by Crippen LogP contribution is -2.54. The molecule has 0 unspecified atom stereocenters. The highest BCUT2D eigenvalue weighted by Gasteiger charge is 2.35. The minimum absolute atomic E-state index is 0.123. The zero-order chi connectivity index (χ0) is 17.1. The third-order valence-corrected chi connectivity index (χ3v) is 4.60. The van der Waals surface area contributed by atoms with E-state index in [1.165, 1.54) is 22.6 Å². The van der Waals surface area contributed by atoms with E-state index in [0.717, 1.165) is 12.1 Å². The van der Waals surface area contributed by atoms with E-state index in [1.807, 2.05) is 25.1 Å². The Hall–Kier alpha value is -2.40. The van der Waals surface area contributed by atoms with Gasteiger partial charge in [-0.05, 0) is 30.2 Å². The predicted octanol–water partition coefficient (Wildman–Crippen LogP) is 3.75. The van der Waals surface area contributed by atoms with Crippen LogP contribution in [0.15, 0.2) is 54.6 Å². The Kier molecular flexibility index (Phi) is 4.81. The largest absolute Gasteiger partial charge is 0.465 e. The fourth-order valence-corrected chi connectivity index (χ4v) is 3.25. The molecule has 1 fully saturated rings. The van der Waals surface area contributed by atoms with Crippen molar-refractivity contribution in [2.75, 3.05) is 13.1 Å². The van der Waals surface area contributed by atoms with Crippen molar-refractivity contribution in [3.8, 4) is 0 Å². The molecule has 2 aromatic carbocycles. The van der Waals surface area contributed by atoms with Crippen LogP contribution in [-0.4, -0.2) is 40.1 Å². The number of piperazine rings is 1. The maximum atomic E-state index is 13.2.